The van der Waals surface area contributed by atoms with E-state index in [0.717, 1.165) is 60.3 Å². The van der Waals surface area contributed by atoms with Gasteiger partial charge in [0, 0.05) is 38.4 Å². The van der Waals surface area contributed by atoms with Crippen LogP contribution in [0.1, 0.15) is 25.0 Å². The standard InChI is InChI=1S/C49H32N4O/c1-49(2)41-19-11-10-17-36(41)37-24-22-34(28-42(37)49)47-52-45(32-21-20-29-12-6-7-15-31(29)26-32)51-46(53-47)33-23-25-38-40(27-33)35-16-8-9-18-39(35)44-43(38)50-48(54-44)30-13-4-3-5-14-30/h3-28H,1-2H3. The van der Waals surface area contributed by atoms with Crippen LogP contribution in [0.2, 0.25) is 0 Å². The molecule has 1 aliphatic rings. The van der Waals surface area contributed by atoms with Crippen molar-refractivity contribution in [3.8, 4) is 56.7 Å². The van der Waals surface area contributed by atoms with Crippen molar-refractivity contribution in [2.24, 2.45) is 0 Å². The van der Waals surface area contributed by atoms with Gasteiger partial charge in [-0.1, -0.05) is 141 Å². The minimum atomic E-state index is -0.148. The zero-order chi connectivity index (χ0) is 36.0. The maximum absolute atomic E-state index is 6.47. The SMILES string of the molecule is CC1(C)c2ccccc2-c2ccc(-c3nc(-c4ccc5ccccc5c4)nc(-c4ccc5c(c4)c4ccccc4c4oc(-c6ccccc6)nc54)n3)cc21. The average molecular weight is 693 g/mol. The van der Waals surface area contributed by atoms with E-state index in [9.17, 15) is 0 Å². The number of benzene rings is 8. The number of hydrogen-bond acceptors (Lipinski definition) is 5. The Morgan fingerprint density at radius 1 is 0.407 bits per heavy atom. The molecule has 1 aliphatic carbocycles. The number of oxazole rings is 1. The number of hydrogen-bond donors (Lipinski definition) is 0. The van der Waals surface area contributed by atoms with E-state index >= 15 is 0 Å². The molecule has 0 amide bonds. The lowest BCUT2D eigenvalue weighted by molar-refractivity contribution is 0.623. The second kappa shape index (κ2) is 11.5. The fourth-order valence-corrected chi connectivity index (χ4v) is 8.35. The van der Waals surface area contributed by atoms with Crippen LogP contribution in [0, 0.1) is 0 Å². The van der Waals surface area contributed by atoms with E-state index < -0.39 is 0 Å². The van der Waals surface area contributed by atoms with E-state index in [2.05, 4.69) is 135 Å². The topological polar surface area (TPSA) is 64.7 Å². The van der Waals surface area contributed by atoms with Gasteiger partial charge in [-0.05, 0) is 74.1 Å². The van der Waals surface area contributed by atoms with Gasteiger partial charge in [-0.15, -0.1) is 0 Å². The van der Waals surface area contributed by atoms with Gasteiger partial charge in [0.1, 0.15) is 5.52 Å². The second-order valence-corrected chi connectivity index (χ2v) is 14.7. The summed E-state index contributed by atoms with van der Waals surface area (Å²) in [5.74, 6) is 2.49. The quantitative estimate of drug-likeness (QED) is 0.172. The van der Waals surface area contributed by atoms with Gasteiger partial charge in [0.2, 0.25) is 5.89 Å². The minimum absolute atomic E-state index is 0.148. The molecular weight excluding hydrogens is 661 g/mol. The van der Waals surface area contributed by atoms with Gasteiger partial charge in [-0.2, -0.15) is 0 Å². The van der Waals surface area contributed by atoms with Gasteiger partial charge in [0.15, 0.2) is 23.1 Å². The molecule has 0 unspecified atom stereocenters. The lowest BCUT2D eigenvalue weighted by atomic mass is 9.82. The van der Waals surface area contributed by atoms with Crippen molar-refractivity contribution in [2.45, 2.75) is 19.3 Å². The molecule has 11 rings (SSSR count). The lowest BCUT2D eigenvalue weighted by Gasteiger charge is -2.21. The molecule has 0 fully saturated rings. The third-order valence-corrected chi connectivity index (χ3v) is 11.1. The van der Waals surface area contributed by atoms with E-state index in [1.807, 2.05) is 36.4 Å². The first-order chi connectivity index (χ1) is 26.5. The van der Waals surface area contributed by atoms with Crippen molar-refractivity contribution in [2.75, 3.05) is 0 Å². The van der Waals surface area contributed by atoms with Crippen LogP contribution in [0.15, 0.2) is 162 Å². The Labute approximate surface area is 311 Å². The highest BCUT2D eigenvalue weighted by atomic mass is 16.3. The van der Waals surface area contributed by atoms with Gasteiger partial charge >= 0.3 is 0 Å². The van der Waals surface area contributed by atoms with E-state index in [1.54, 1.807) is 0 Å². The molecule has 254 valence electrons. The van der Waals surface area contributed by atoms with Crippen LogP contribution in [-0.2, 0) is 5.41 Å². The highest BCUT2D eigenvalue weighted by Gasteiger charge is 2.35. The molecular formula is C49H32N4O. The molecule has 2 heterocycles. The largest absolute Gasteiger partial charge is 0.435 e. The molecule has 0 aliphatic heterocycles. The predicted molar refractivity (Wildman–Crippen MR) is 219 cm³/mol. The van der Waals surface area contributed by atoms with Crippen molar-refractivity contribution in [1.82, 2.24) is 19.9 Å². The molecule has 0 saturated carbocycles. The normalized spacial score (nSPS) is 13.1. The highest BCUT2D eigenvalue weighted by molar-refractivity contribution is 6.23. The smallest absolute Gasteiger partial charge is 0.227 e. The van der Waals surface area contributed by atoms with E-state index in [4.69, 9.17) is 24.4 Å². The summed E-state index contributed by atoms with van der Waals surface area (Å²) >= 11 is 0. The first-order valence-electron chi connectivity index (χ1n) is 18.3. The van der Waals surface area contributed by atoms with E-state index in [-0.39, 0.29) is 5.41 Å². The third-order valence-electron chi connectivity index (χ3n) is 11.1. The number of rotatable bonds is 4. The molecule has 0 spiro atoms. The Kier molecular flexibility index (Phi) is 6.53. The molecule has 0 bridgehead atoms. The van der Waals surface area contributed by atoms with Crippen LogP contribution < -0.4 is 0 Å². The van der Waals surface area contributed by atoms with Crippen LogP contribution in [0.3, 0.4) is 0 Å². The Morgan fingerprint density at radius 2 is 1.02 bits per heavy atom. The molecule has 2 aromatic heterocycles. The van der Waals surface area contributed by atoms with Crippen molar-refractivity contribution in [1.29, 1.82) is 0 Å². The summed E-state index contributed by atoms with van der Waals surface area (Å²) < 4.78 is 6.47. The van der Waals surface area contributed by atoms with E-state index in [1.165, 1.54) is 27.6 Å². The van der Waals surface area contributed by atoms with E-state index in [0.29, 0.717) is 23.4 Å². The summed E-state index contributed by atoms with van der Waals surface area (Å²) in [7, 11) is 0. The van der Waals surface area contributed by atoms with Gasteiger partial charge in [-0.3, -0.25) is 0 Å². The molecule has 54 heavy (non-hydrogen) atoms. The summed E-state index contributed by atoms with van der Waals surface area (Å²) in [4.78, 5) is 20.6. The van der Waals surface area contributed by atoms with Crippen LogP contribution >= 0.6 is 0 Å². The first kappa shape index (κ1) is 30.6. The fourth-order valence-electron chi connectivity index (χ4n) is 8.35. The maximum Gasteiger partial charge on any atom is 0.227 e. The average Bonchev–Trinajstić information content (AvgIpc) is 3.78. The zero-order valence-corrected chi connectivity index (χ0v) is 29.7. The van der Waals surface area contributed by atoms with Crippen LogP contribution in [0.4, 0.5) is 0 Å². The van der Waals surface area contributed by atoms with Crippen molar-refractivity contribution in [3.05, 3.63) is 169 Å². The summed E-state index contributed by atoms with van der Waals surface area (Å²) in [5, 5.41) is 6.49. The molecule has 8 aromatic carbocycles. The number of aromatic nitrogens is 4. The summed E-state index contributed by atoms with van der Waals surface area (Å²) in [6.07, 6.45) is 0. The van der Waals surface area contributed by atoms with Gasteiger partial charge < -0.3 is 4.42 Å². The summed E-state index contributed by atoms with van der Waals surface area (Å²) in [5.41, 5.74) is 10.4. The Balaban J connectivity index is 1.12. The monoisotopic (exact) mass is 692 g/mol. The minimum Gasteiger partial charge on any atom is -0.435 e. The number of nitrogens with zero attached hydrogens (tertiary/aromatic N) is 4. The molecule has 5 nitrogen and oxygen atoms in total. The Bertz CT molecular complexity index is 3140. The summed E-state index contributed by atoms with van der Waals surface area (Å²) in [6.45, 7) is 4.60. The van der Waals surface area contributed by atoms with Gasteiger partial charge in [0.25, 0.3) is 0 Å². The Morgan fingerprint density at radius 3 is 1.83 bits per heavy atom. The number of fused-ring (bicyclic) bond motifs is 10. The molecule has 5 heteroatoms. The molecule has 0 N–H and O–H groups in total. The van der Waals surface area contributed by atoms with Crippen molar-refractivity contribution >= 4 is 43.4 Å². The lowest BCUT2D eigenvalue weighted by Crippen LogP contribution is -2.15. The van der Waals surface area contributed by atoms with Crippen LogP contribution in [0.25, 0.3) is 100 Å². The highest BCUT2D eigenvalue weighted by Crippen LogP contribution is 2.49. The van der Waals surface area contributed by atoms with Crippen molar-refractivity contribution < 1.29 is 4.42 Å². The predicted octanol–water partition coefficient (Wildman–Crippen LogP) is 12.4. The first-order valence-corrected chi connectivity index (χ1v) is 18.3. The molecule has 10 aromatic rings. The molecule has 0 radical (unpaired) electrons. The second-order valence-electron chi connectivity index (χ2n) is 14.7. The van der Waals surface area contributed by atoms with Gasteiger partial charge in [0.05, 0.1) is 0 Å². The third kappa shape index (κ3) is 4.65. The zero-order valence-electron chi connectivity index (χ0n) is 29.7. The maximum atomic E-state index is 6.47. The Hall–Kier alpha value is -6.98. The van der Waals surface area contributed by atoms with Gasteiger partial charge in [-0.25, -0.2) is 19.9 Å². The molecule has 0 saturated heterocycles. The fraction of sp³-hybridized carbons (Fsp3) is 0.0612. The molecule has 0 atom stereocenters. The van der Waals surface area contributed by atoms with Crippen molar-refractivity contribution in [3.63, 3.8) is 0 Å². The van der Waals surface area contributed by atoms with Crippen LogP contribution in [-0.4, -0.2) is 19.9 Å². The summed E-state index contributed by atoms with van der Waals surface area (Å²) in [6, 6.07) is 55.0. The van der Waals surface area contributed by atoms with Crippen LogP contribution in [0.5, 0.6) is 0 Å².